The number of hydrogen-bond donors (Lipinski definition) is 1. The normalized spacial score (nSPS) is 21.8. The highest BCUT2D eigenvalue weighted by Gasteiger charge is 2.34. The summed E-state index contributed by atoms with van der Waals surface area (Å²) in [4.78, 5) is 25.6. The van der Waals surface area contributed by atoms with Crippen molar-refractivity contribution < 1.29 is 23.1 Å². The molecule has 2 heterocycles. The summed E-state index contributed by atoms with van der Waals surface area (Å²) in [6.07, 6.45) is 4.45. The predicted molar refractivity (Wildman–Crippen MR) is 100 cm³/mol. The molecule has 1 N–H and O–H groups in total. The number of likely N-dealkylation sites (tertiary alicyclic amines) is 1. The summed E-state index contributed by atoms with van der Waals surface area (Å²) in [5, 5.41) is 9.45. The number of benzene rings is 1. The van der Waals surface area contributed by atoms with Crippen LogP contribution >= 0.6 is 11.6 Å². The highest BCUT2D eigenvalue weighted by atomic mass is 35.5. The molecule has 7 nitrogen and oxygen atoms in total. The number of sulfonamides is 1. The number of aliphatic carboxylic acids is 1. The number of piperidine rings is 2. The Balaban J connectivity index is 1.92. The van der Waals surface area contributed by atoms with Crippen molar-refractivity contribution in [2.45, 2.75) is 49.5 Å². The minimum atomic E-state index is -3.79. The van der Waals surface area contributed by atoms with E-state index in [1.165, 1.54) is 27.4 Å². The van der Waals surface area contributed by atoms with Crippen molar-refractivity contribution >= 4 is 33.5 Å². The van der Waals surface area contributed by atoms with E-state index in [1.54, 1.807) is 0 Å². The molecule has 1 atom stereocenters. The van der Waals surface area contributed by atoms with Gasteiger partial charge in [0.2, 0.25) is 10.0 Å². The number of amides is 1. The van der Waals surface area contributed by atoms with Gasteiger partial charge in [-0.2, -0.15) is 4.31 Å². The van der Waals surface area contributed by atoms with E-state index in [-0.39, 0.29) is 15.5 Å². The van der Waals surface area contributed by atoms with E-state index in [0.717, 1.165) is 32.1 Å². The van der Waals surface area contributed by atoms with Crippen molar-refractivity contribution in [1.29, 1.82) is 0 Å². The first-order valence-corrected chi connectivity index (χ1v) is 11.0. The lowest BCUT2D eigenvalue weighted by Crippen LogP contribution is -2.48. The summed E-state index contributed by atoms with van der Waals surface area (Å²) in [6, 6.07) is 3.24. The topological polar surface area (TPSA) is 95.0 Å². The Morgan fingerprint density at radius 1 is 1.04 bits per heavy atom. The monoisotopic (exact) mass is 414 g/mol. The van der Waals surface area contributed by atoms with Gasteiger partial charge in [-0.1, -0.05) is 18.0 Å². The van der Waals surface area contributed by atoms with Crippen LogP contribution in [0.1, 0.15) is 48.9 Å². The summed E-state index contributed by atoms with van der Waals surface area (Å²) in [5.41, 5.74) is 0.142. The molecule has 0 unspecified atom stereocenters. The van der Waals surface area contributed by atoms with Crippen LogP contribution < -0.4 is 0 Å². The summed E-state index contributed by atoms with van der Waals surface area (Å²) < 4.78 is 27.3. The third-order valence-electron chi connectivity index (χ3n) is 5.16. The first-order chi connectivity index (χ1) is 12.8. The van der Waals surface area contributed by atoms with Crippen LogP contribution in [0.25, 0.3) is 0 Å². The Bertz CT molecular complexity index is 836. The third-order valence-corrected chi connectivity index (χ3v) is 7.54. The summed E-state index contributed by atoms with van der Waals surface area (Å²) in [7, 11) is -3.79. The highest BCUT2D eigenvalue weighted by Crippen LogP contribution is 2.29. The quantitative estimate of drug-likeness (QED) is 0.817. The van der Waals surface area contributed by atoms with Gasteiger partial charge in [0.15, 0.2) is 0 Å². The van der Waals surface area contributed by atoms with Crippen molar-refractivity contribution in [2.24, 2.45) is 0 Å². The summed E-state index contributed by atoms with van der Waals surface area (Å²) >= 11 is 6.14. The lowest BCUT2D eigenvalue weighted by atomic mass is 10.0. The molecule has 0 spiro atoms. The Morgan fingerprint density at radius 2 is 1.70 bits per heavy atom. The van der Waals surface area contributed by atoms with E-state index in [9.17, 15) is 23.1 Å². The molecule has 1 aromatic carbocycles. The van der Waals surface area contributed by atoms with Crippen LogP contribution in [-0.4, -0.2) is 60.3 Å². The fourth-order valence-corrected chi connectivity index (χ4v) is 5.69. The van der Waals surface area contributed by atoms with Gasteiger partial charge in [0, 0.05) is 25.2 Å². The number of carboxylic acids is 1. The van der Waals surface area contributed by atoms with E-state index in [4.69, 9.17) is 11.6 Å². The average molecular weight is 415 g/mol. The summed E-state index contributed by atoms with van der Waals surface area (Å²) in [6.45, 7) is 1.21. The number of hydrogen-bond acceptors (Lipinski definition) is 4. The molecule has 0 bridgehead atoms. The second-order valence-electron chi connectivity index (χ2n) is 6.96. The van der Waals surface area contributed by atoms with Gasteiger partial charge in [-0.05, 0) is 50.3 Å². The van der Waals surface area contributed by atoms with E-state index >= 15 is 0 Å². The Morgan fingerprint density at radius 3 is 2.37 bits per heavy atom. The molecule has 2 saturated heterocycles. The van der Waals surface area contributed by atoms with Gasteiger partial charge in [-0.15, -0.1) is 0 Å². The molecule has 9 heteroatoms. The SMILES string of the molecule is O=C(O)[C@@H]1CCCCN1C(=O)c1ccc(Cl)c(S(=O)(=O)N2CCCCC2)c1. The molecule has 2 fully saturated rings. The molecule has 0 aliphatic carbocycles. The molecule has 1 amide bonds. The summed E-state index contributed by atoms with van der Waals surface area (Å²) in [5.74, 6) is -1.52. The molecule has 148 valence electrons. The number of rotatable bonds is 4. The van der Waals surface area contributed by atoms with Crippen LogP contribution in [0.2, 0.25) is 5.02 Å². The Kier molecular flexibility index (Phi) is 6.08. The first kappa shape index (κ1) is 20.1. The fraction of sp³-hybridized carbons (Fsp3) is 0.556. The molecule has 0 radical (unpaired) electrons. The van der Waals surface area contributed by atoms with Crippen LogP contribution in [0, 0.1) is 0 Å². The van der Waals surface area contributed by atoms with E-state index < -0.39 is 27.9 Å². The zero-order valence-electron chi connectivity index (χ0n) is 14.9. The second kappa shape index (κ2) is 8.16. The zero-order chi connectivity index (χ0) is 19.6. The van der Waals surface area contributed by atoms with Crippen molar-refractivity contribution in [3.05, 3.63) is 28.8 Å². The van der Waals surface area contributed by atoms with Crippen LogP contribution in [0.3, 0.4) is 0 Å². The molecular weight excluding hydrogens is 392 g/mol. The predicted octanol–water partition coefficient (Wildman–Crippen LogP) is 2.59. The van der Waals surface area contributed by atoms with E-state index in [1.807, 2.05) is 0 Å². The Hall–Kier alpha value is -1.64. The standard InChI is InChI=1S/C18H23ClN2O5S/c19-14-8-7-13(17(22)21-11-5-2-6-15(21)18(23)24)12-16(14)27(25,26)20-9-3-1-4-10-20/h7-8,12,15H,1-6,9-11H2,(H,23,24)/t15-/m0/s1. The van der Waals surface area contributed by atoms with Gasteiger partial charge in [0.05, 0.1) is 5.02 Å². The molecular formula is C18H23ClN2O5S. The number of carbonyl (C=O) groups excluding carboxylic acids is 1. The van der Waals surface area contributed by atoms with Crippen LogP contribution in [0.5, 0.6) is 0 Å². The Labute approximate surface area is 164 Å². The average Bonchev–Trinajstić information content (AvgIpc) is 2.68. The van der Waals surface area contributed by atoms with Crippen molar-refractivity contribution in [1.82, 2.24) is 9.21 Å². The highest BCUT2D eigenvalue weighted by molar-refractivity contribution is 7.89. The van der Waals surface area contributed by atoms with Gasteiger partial charge < -0.3 is 10.0 Å². The van der Waals surface area contributed by atoms with Crippen LogP contribution in [0.15, 0.2) is 23.1 Å². The number of nitrogens with zero attached hydrogens (tertiary/aromatic N) is 2. The van der Waals surface area contributed by atoms with Gasteiger partial charge >= 0.3 is 5.97 Å². The van der Waals surface area contributed by atoms with Crippen LogP contribution in [-0.2, 0) is 14.8 Å². The minimum Gasteiger partial charge on any atom is -0.480 e. The van der Waals surface area contributed by atoms with Crippen molar-refractivity contribution in [3.63, 3.8) is 0 Å². The lowest BCUT2D eigenvalue weighted by molar-refractivity contribution is -0.143. The van der Waals surface area contributed by atoms with Crippen molar-refractivity contribution in [2.75, 3.05) is 19.6 Å². The largest absolute Gasteiger partial charge is 0.480 e. The molecule has 2 aliphatic heterocycles. The third kappa shape index (κ3) is 4.12. The van der Waals surface area contributed by atoms with Gasteiger partial charge in [0.25, 0.3) is 5.91 Å². The minimum absolute atomic E-state index is 0.0607. The molecule has 2 aliphatic rings. The van der Waals surface area contributed by atoms with Crippen molar-refractivity contribution in [3.8, 4) is 0 Å². The number of carboxylic acid groups (broad SMARTS) is 1. The number of halogens is 1. The van der Waals surface area contributed by atoms with E-state index in [2.05, 4.69) is 0 Å². The maximum Gasteiger partial charge on any atom is 0.326 e. The fourth-order valence-electron chi connectivity index (χ4n) is 3.68. The van der Waals surface area contributed by atoms with Gasteiger partial charge in [-0.3, -0.25) is 4.79 Å². The second-order valence-corrected chi connectivity index (χ2v) is 9.27. The molecule has 0 aromatic heterocycles. The smallest absolute Gasteiger partial charge is 0.326 e. The number of carbonyl (C=O) groups is 2. The van der Waals surface area contributed by atoms with Crippen LogP contribution in [0.4, 0.5) is 0 Å². The maximum atomic E-state index is 13.0. The first-order valence-electron chi connectivity index (χ1n) is 9.16. The lowest BCUT2D eigenvalue weighted by Gasteiger charge is -2.33. The van der Waals surface area contributed by atoms with E-state index in [0.29, 0.717) is 26.1 Å². The van der Waals surface area contributed by atoms with Gasteiger partial charge in [-0.25, -0.2) is 13.2 Å². The molecule has 0 saturated carbocycles. The molecule has 3 rings (SSSR count). The van der Waals surface area contributed by atoms with Gasteiger partial charge in [0.1, 0.15) is 10.9 Å². The molecule has 1 aromatic rings. The molecule has 27 heavy (non-hydrogen) atoms. The zero-order valence-corrected chi connectivity index (χ0v) is 16.5. The maximum absolute atomic E-state index is 13.0.